The zero-order valence-electron chi connectivity index (χ0n) is 16.4. The second-order valence-electron chi connectivity index (χ2n) is 7.01. The van der Waals surface area contributed by atoms with Gasteiger partial charge in [0.15, 0.2) is 0 Å². The molecular formula is C23H17FN2O5. The summed E-state index contributed by atoms with van der Waals surface area (Å²) < 4.78 is 19.6. The van der Waals surface area contributed by atoms with Gasteiger partial charge in [-0.15, -0.1) is 0 Å². The molecule has 4 rings (SSSR count). The predicted molar refractivity (Wildman–Crippen MR) is 109 cm³/mol. The van der Waals surface area contributed by atoms with Crippen LogP contribution in [0.3, 0.4) is 0 Å². The molecule has 1 fully saturated rings. The Hall–Kier alpha value is -4.20. The molecule has 2 N–H and O–H groups in total. The first kappa shape index (κ1) is 20.1. The standard InChI is InChI=1S/C23H17FN2O5/c1-13-6-7-14(22(28)29)10-17(13)20-9-8-16(31-20)11-19-21(27)26(23(30)25-19)12-15-4-2-3-5-18(15)24/h2-11H,12H2,1H3,(H,25,30)(H,28,29)/b19-11+. The largest absolute Gasteiger partial charge is 0.478 e. The second-order valence-corrected chi connectivity index (χ2v) is 7.01. The average molecular weight is 420 g/mol. The van der Waals surface area contributed by atoms with Gasteiger partial charge in [-0.1, -0.05) is 24.3 Å². The van der Waals surface area contributed by atoms with Crippen molar-refractivity contribution in [2.45, 2.75) is 13.5 Å². The Labute approximate surface area is 176 Å². The fraction of sp³-hybridized carbons (Fsp3) is 0.0870. The highest BCUT2D eigenvalue weighted by Gasteiger charge is 2.34. The van der Waals surface area contributed by atoms with Gasteiger partial charge in [0.05, 0.1) is 12.1 Å². The average Bonchev–Trinajstić information content (AvgIpc) is 3.30. The molecule has 3 amide bonds. The van der Waals surface area contributed by atoms with Crippen molar-refractivity contribution in [3.05, 3.63) is 88.6 Å². The third-order valence-electron chi connectivity index (χ3n) is 4.91. The number of nitrogens with one attached hydrogen (secondary N) is 1. The molecule has 7 nitrogen and oxygen atoms in total. The number of carbonyl (C=O) groups is 3. The molecule has 156 valence electrons. The zero-order valence-corrected chi connectivity index (χ0v) is 16.4. The number of amides is 3. The number of rotatable bonds is 5. The molecule has 31 heavy (non-hydrogen) atoms. The van der Waals surface area contributed by atoms with E-state index >= 15 is 0 Å². The maximum atomic E-state index is 13.9. The van der Waals surface area contributed by atoms with Crippen LogP contribution in [-0.2, 0) is 11.3 Å². The molecule has 0 bridgehead atoms. The minimum absolute atomic E-state index is 0.00162. The normalized spacial score (nSPS) is 14.9. The topological polar surface area (TPSA) is 99.9 Å². The van der Waals surface area contributed by atoms with Crippen LogP contribution in [0.15, 0.2) is 64.7 Å². The van der Waals surface area contributed by atoms with Crippen LogP contribution in [0, 0.1) is 12.7 Å². The molecule has 0 aliphatic carbocycles. The van der Waals surface area contributed by atoms with Gasteiger partial charge in [-0.3, -0.25) is 9.69 Å². The van der Waals surface area contributed by atoms with Crippen molar-refractivity contribution in [3.8, 4) is 11.3 Å². The van der Waals surface area contributed by atoms with Gasteiger partial charge in [0.2, 0.25) is 0 Å². The number of nitrogens with zero attached hydrogens (tertiary/aromatic N) is 1. The number of carboxylic acids is 1. The van der Waals surface area contributed by atoms with Crippen molar-refractivity contribution in [2.24, 2.45) is 0 Å². The fourth-order valence-corrected chi connectivity index (χ4v) is 3.25. The van der Waals surface area contributed by atoms with Gasteiger partial charge in [-0.25, -0.2) is 14.0 Å². The highest BCUT2D eigenvalue weighted by molar-refractivity contribution is 6.13. The molecule has 0 atom stereocenters. The van der Waals surface area contributed by atoms with Gasteiger partial charge in [0.1, 0.15) is 23.0 Å². The molecule has 8 heteroatoms. The first-order chi connectivity index (χ1) is 14.8. The molecule has 1 aliphatic heterocycles. The Morgan fingerprint density at radius 3 is 2.68 bits per heavy atom. The Morgan fingerprint density at radius 1 is 1.16 bits per heavy atom. The quantitative estimate of drug-likeness (QED) is 0.476. The summed E-state index contributed by atoms with van der Waals surface area (Å²) >= 11 is 0. The highest BCUT2D eigenvalue weighted by Crippen LogP contribution is 2.28. The van der Waals surface area contributed by atoms with E-state index in [-0.39, 0.29) is 23.4 Å². The number of carbonyl (C=O) groups excluding carboxylic acids is 2. The molecular weight excluding hydrogens is 403 g/mol. The van der Waals surface area contributed by atoms with Crippen LogP contribution in [0.5, 0.6) is 0 Å². The van der Waals surface area contributed by atoms with E-state index < -0.39 is 23.7 Å². The molecule has 2 aromatic carbocycles. The Kier molecular flexibility index (Phi) is 5.12. The van der Waals surface area contributed by atoms with Gasteiger partial charge >= 0.3 is 12.0 Å². The Balaban J connectivity index is 1.58. The molecule has 0 unspecified atom stereocenters. The number of imide groups is 1. The summed E-state index contributed by atoms with van der Waals surface area (Å²) in [7, 11) is 0. The number of urea groups is 1. The van der Waals surface area contributed by atoms with Gasteiger partial charge in [-0.2, -0.15) is 0 Å². The maximum absolute atomic E-state index is 13.9. The van der Waals surface area contributed by atoms with E-state index in [2.05, 4.69) is 5.32 Å². The van der Waals surface area contributed by atoms with Crippen LogP contribution < -0.4 is 5.32 Å². The van der Waals surface area contributed by atoms with E-state index in [0.29, 0.717) is 17.1 Å². The lowest BCUT2D eigenvalue weighted by atomic mass is 10.0. The summed E-state index contributed by atoms with van der Waals surface area (Å²) in [5, 5.41) is 11.7. The lowest BCUT2D eigenvalue weighted by Crippen LogP contribution is -2.30. The van der Waals surface area contributed by atoms with E-state index in [0.717, 1.165) is 10.5 Å². The number of furan rings is 1. The van der Waals surface area contributed by atoms with Gasteiger partial charge in [0.25, 0.3) is 5.91 Å². The molecule has 0 radical (unpaired) electrons. The fourth-order valence-electron chi connectivity index (χ4n) is 3.25. The van der Waals surface area contributed by atoms with Crippen molar-refractivity contribution in [1.29, 1.82) is 0 Å². The van der Waals surface area contributed by atoms with Crippen molar-refractivity contribution in [1.82, 2.24) is 10.2 Å². The van der Waals surface area contributed by atoms with E-state index in [9.17, 15) is 23.9 Å². The van der Waals surface area contributed by atoms with E-state index in [1.54, 1.807) is 24.3 Å². The number of aryl methyl sites for hydroxylation is 1. The van der Waals surface area contributed by atoms with Crippen molar-refractivity contribution in [2.75, 3.05) is 0 Å². The van der Waals surface area contributed by atoms with Gasteiger partial charge in [0, 0.05) is 17.2 Å². The minimum Gasteiger partial charge on any atom is -0.478 e. The van der Waals surface area contributed by atoms with Crippen LogP contribution in [0.25, 0.3) is 17.4 Å². The first-order valence-corrected chi connectivity index (χ1v) is 9.35. The summed E-state index contributed by atoms with van der Waals surface area (Å²) in [4.78, 5) is 37.0. The number of hydrogen-bond acceptors (Lipinski definition) is 4. The molecule has 1 saturated heterocycles. The van der Waals surface area contributed by atoms with Crippen molar-refractivity contribution >= 4 is 24.0 Å². The molecule has 1 aliphatic rings. The lowest BCUT2D eigenvalue weighted by Gasteiger charge is -2.12. The SMILES string of the molecule is Cc1ccc(C(=O)O)cc1-c1ccc(/C=C2/NC(=O)N(Cc3ccccc3F)C2=O)o1. The molecule has 3 aromatic rings. The molecule has 0 spiro atoms. The summed E-state index contributed by atoms with van der Waals surface area (Å²) in [5.41, 5.74) is 1.77. The van der Waals surface area contributed by atoms with Crippen LogP contribution in [0.2, 0.25) is 0 Å². The molecule has 0 saturated carbocycles. The van der Waals surface area contributed by atoms with E-state index in [1.807, 2.05) is 6.92 Å². The van der Waals surface area contributed by atoms with Crippen molar-refractivity contribution < 1.29 is 28.3 Å². The van der Waals surface area contributed by atoms with Crippen LogP contribution in [0.4, 0.5) is 9.18 Å². The second kappa shape index (κ2) is 7.91. The van der Waals surface area contributed by atoms with E-state index in [1.165, 1.54) is 36.4 Å². The van der Waals surface area contributed by atoms with Gasteiger partial charge < -0.3 is 14.8 Å². The number of benzene rings is 2. The maximum Gasteiger partial charge on any atom is 0.335 e. The van der Waals surface area contributed by atoms with E-state index in [4.69, 9.17) is 4.42 Å². The first-order valence-electron chi connectivity index (χ1n) is 9.35. The Bertz CT molecular complexity index is 1240. The van der Waals surface area contributed by atoms with Gasteiger partial charge in [-0.05, 0) is 42.8 Å². The summed E-state index contributed by atoms with van der Waals surface area (Å²) in [5.74, 6) is -1.44. The summed E-state index contributed by atoms with van der Waals surface area (Å²) in [6.07, 6.45) is 1.38. The van der Waals surface area contributed by atoms with Crippen LogP contribution in [-0.4, -0.2) is 27.9 Å². The lowest BCUT2D eigenvalue weighted by molar-refractivity contribution is -0.123. The number of hydrogen-bond donors (Lipinski definition) is 2. The number of carboxylic acid groups (broad SMARTS) is 1. The molecule has 2 heterocycles. The predicted octanol–water partition coefficient (Wildman–Crippen LogP) is 4.19. The number of halogens is 1. The van der Waals surface area contributed by atoms with Crippen LogP contribution in [0.1, 0.15) is 27.2 Å². The summed E-state index contributed by atoms with van der Waals surface area (Å²) in [6.45, 7) is 1.63. The third kappa shape index (κ3) is 3.95. The van der Waals surface area contributed by atoms with Crippen molar-refractivity contribution in [3.63, 3.8) is 0 Å². The zero-order chi connectivity index (χ0) is 22.1. The Morgan fingerprint density at radius 2 is 1.94 bits per heavy atom. The summed E-state index contributed by atoms with van der Waals surface area (Å²) in [6, 6.07) is 13.2. The minimum atomic E-state index is -1.05. The molecule has 1 aromatic heterocycles. The van der Waals surface area contributed by atoms with Crippen LogP contribution >= 0.6 is 0 Å². The third-order valence-corrected chi connectivity index (χ3v) is 4.91. The monoisotopic (exact) mass is 420 g/mol. The highest BCUT2D eigenvalue weighted by atomic mass is 19.1. The number of aromatic carboxylic acids is 1. The smallest absolute Gasteiger partial charge is 0.335 e.